The Kier molecular flexibility index (Phi) is 4.53. The Labute approximate surface area is 125 Å². The minimum absolute atomic E-state index is 0.321. The average Bonchev–Trinajstić information content (AvgIpc) is 2.40. The summed E-state index contributed by atoms with van der Waals surface area (Å²) in [6.07, 6.45) is 0. The zero-order chi connectivity index (χ0) is 14.7. The van der Waals surface area contributed by atoms with Gasteiger partial charge in [-0.1, -0.05) is 23.7 Å². The van der Waals surface area contributed by atoms with Crippen molar-refractivity contribution in [1.82, 2.24) is 4.98 Å². The van der Waals surface area contributed by atoms with Crippen molar-refractivity contribution in [3.8, 4) is 6.07 Å². The highest BCUT2D eigenvalue weighted by molar-refractivity contribution is 7.84. The second-order valence-corrected chi connectivity index (χ2v) is 6.29. The highest BCUT2D eigenvalue weighted by Gasteiger charge is 2.15. The molecule has 20 heavy (non-hydrogen) atoms. The normalized spacial score (nSPS) is 11.9. The van der Waals surface area contributed by atoms with Gasteiger partial charge < -0.3 is 0 Å². The summed E-state index contributed by atoms with van der Waals surface area (Å²) in [5, 5.41) is 10.2. The van der Waals surface area contributed by atoms with E-state index in [1.807, 2.05) is 32.0 Å². The van der Waals surface area contributed by atoms with Gasteiger partial charge in [0.25, 0.3) is 0 Å². The molecule has 0 aliphatic rings. The van der Waals surface area contributed by atoms with E-state index < -0.39 is 10.8 Å². The van der Waals surface area contributed by atoms with Crippen LogP contribution in [0.1, 0.15) is 22.4 Å². The maximum absolute atomic E-state index is 12.4. The Hall–Kier alpha value is -1.70. The summed E-state index contributed by atoms with van der Waals surface area (Å²) in [5.74, 6) is 0.321. The molecule has 1 atom stereocenters. The standard InChI is InChI=1S/C15H13ClN2OS/c1-10-7-11(2)18-15(14(10)8-17)20(19)9-12-3-5-13(16)6-4-12/h3-7H,9H2,1-2H3. The minimum Gasteiger partial charge on any atom is -0.252 e. The fraction of sp³-hybridized carbons (Fsp3) is 0.200. The number of nitriles is 1. The first-order valence-corrected chi connectivity index (χ1v) is 7.72. The molecule has 0 aliphatic carbocycles. The van der Waals surface area contributed by atoms with E-state index in [1.54, 1.807) is 12.1 Å². The molecule has 1 unspecified atom stereocenters. The average molecular weight is 305 g/mol. The van der Waals surface area contributed by atoms with Crippen molar-refractivity contribution < 1.29 is 4.21 Å². The fourth-order valence-corrected chi connectivity index (χ4v) is 3.34. The molecule has 0 N–H and O–H groups in total. The van der Waals surface area contributed by atoms with Crippen LogP contribution in [0.2, 0.25) is 5.02 Å². The summed E-state index contributed by atoms with van der Waals surface area (Å²) in [6, 6.07) is 11.1. The van der Waals surface area contributed by atoms with Gasteiger partial charge in [0.15, 0.2) is 0 Å². The number of nitrogens with zero attached hydrogens (tertiary/aromatic N) is 2. The maximum Gasteiger partial charge on any atom is 0.145 e. The number of halogens is 1. The number of pyridine rings is 1. The molecule has 2 aromatic rings. The zero-order valence-electron chi connectivity index (χ0n) is 11.2. The van der Waals surface area contributed by atoms with Gasteiger partial charge in [0.05, 0.1) is 22.1 Å². The van der Waals surface area contributed by atoms with Crippen LogP contribution in [-0.2, 0) is 16.6 Å². The lowest BCUT2D eigenvalue weighted by molar-refractivity contribution is 0.679. The van der Waals surface area contributed by atoms with Crippen LogP contribution >= 0.6 is 11.6 Å². The summed E-state index contributed by atoms with van der Waals surface area (Å²) in [5.41, 5.74) is 2.88. The first-order chi connectivity index (χ1) is 9.51. The quantitative estimate of drug-likeness (QED) is 0.871. The lowest BCUT2D eigenvalue weighted by Crippen LogP contribution is -2.05. The van der Waals surface area contributed by atoms with Crippen LogP contribution in [0.15, 0.2) is 35.4 Å². The molecule has 0 radical (unpaired) electrons. The van der Waals surface area contributed by atoms with Crippen molar-refractivity contribution in [3.63, 3.8) is 0 Å². The van der Waals surface area contributed by atoms with Crippen molar-refractivity contribution in [3.05, 3.63) is 57.7 Å². The Balaban J connectivity index is 2.34. The molecular weight excluding hydrogens is 292 g/mol. The van der Waals surface area contributed by atoms with Gasteiger partial charge >= 0.3 is 0 Å². The van der Waals surface area contributed by atoms with Crippen LogP contribution in [0.5, 0.6) is 0 Å². The van der Waals surface area contributed by atoms with Crippen molar-refractivity contribution in [2.75, 3.05) is 0 Å². The van der Waals surface area contributed by atoms with E-state index in [2.05, 4.69) is 11.1 Å². The van der Waals surface area contributed by atoms with Gasteiger partial charge in [-0.3, -0.25) is 4.21 Å². The second-order valence-electron chi connectivity index (χ2n) is 4.49. The second kappa shape index (κ2) is 6.17. The number of hydrogen-bond acceptors (Lipinski definition) is 3. The van der Waals surface area contributed by atoms with E-state index in [0.717, 1.165) is 16.8 Å². The Morgan fingerprint density at radius 2 is 1.95 bits per heavy atom. The molecule has 0 spiro atoms. The molecule has 5 heteroatoms. The van der Waals surface area contributed by atoms with Crippen LogP contribution in [0.3, 0.4) is 0 Å². The van der Waals surface area contributed by atoms with Gasteiger partial charge in [-0.15, -0.1) is 0 Å². The highest BCUT2D eigenvalue weighted by atomic mass is 35.5. The molecular formula is C15H13ClN2OS. The molecule has 0 bridgehead atoms. The first-order valence-electron chi connectivity index (χ1n) is 6.02. The van der Waals surface area contributed by atoms with Crippen LogP contribution in [0.25, 0.3) is 0 Å². The molecule has 2 rings (SSSR count). The number of benzene rings is 1. The summed E-state index contributed by atoms with van der Waals surface area (Å²) < 4.78 is 12.4. The summed E-state index contributed by atoms with van der Waals surface area (Å²) in [6.45, 7) is 3.66. The third-order valence-corrected chi connectivity index (χ3v) is 4.42. The van der Waals surface area contributed by atoms with Crippen LogP contribution < -0.4 is 0 Å². The minimum atomic E-state index is -1.35. The molecule has 1 aromatic carbocycles. The molecule has 0 fully saturated rings. The SMILES string of the molecule is Cc1cc(C)c(C#N)c(S(=O)Cc2ccc(Cl)cc2)n1. The number of rotatable bonds is 3. The summed E-state index contributed by atoms with van der Waals surface area (Å²) in [4.78, 5) is 4.27. The highest BCUT2D eigenvalue weighted by Crippen LogP contribution is 2.19. The van der Waals surface area contributed by atoms with Gasteiger partial charge in [0.2, 0.25) is 0 Å². The monoisotopic (exact) mass is 304 g/mol. The molecule has 0 saturated heterocycles. The predicted octanol–water partition coefficient (Wildman–Crippen LogP) is 3.53. The maximum atomic E-state index is 12.4. The van der Waals surface area contributed by atoms with Gasteiger partial charge in [-0.2, -0.15) is 5.26 Å². The largest absolute Gasteiger partial charge is 0.252 e. The van der Waals surface area contributed by atoms with E-state index in [-0.39, 0.29) is 0 Å². The van der Waals surface area contributed by atoms with E-state index in [0.29, 0.717) is 21.4 Å². The molecule has 0 saturated carbocycles. The molecule has 0 aliphatic heterocycles. The third-order valence-electron chi connectivity index (χ3n) is 2.85. The Morgan fingerprint density at radius 3 is 2.55 bits per heavy atom. The molecule has 1 aromatic heterocycles. The van der Waals surface area contributed by atoms with Crippen molar-refractivity contribution in [2.45, 2.75) is 24.6 Å². The van der Waals surface area contributed by atoms with E-state index in [4.69, 9.17) is 11.6 Å². The molecule has 3 nitrogen and oxygen atoms in total. The topological polar surface area (TPSA) is 53.8 Å². The number of aromatic nitrogens is 1. The first kappa shape index (κ1) is 14.7. The summed E-state index contributed by atoms with van der Waals surface area (Å²) in [7, 11) is -1.35. The Bertz CT molecular complexity index is 705. The van der Waals surface area contributed by atoms with Gasteiger partial charge in [0, 0.05) is 10.7 Å². The fourth-order valence-electron chi connectivity index (χ4n) is 1.90. The molecule has 1 heterocycles. The van der Waals surface area contributed by atoms with Crippen LogP contribution in [0, 0.1) is 25.2 Å². The summed E-state index contributed by atoms with van der Waals surface area (Å²) >= 11 is 5.82. The van der Waals surface area contributed by atoms with Gasteiger partial charge in [0.1, 0.15) is 11.1 Å². The van der Waals surface area contributed by atoms with Gasteiger partial charge in [-0.25, -0.2) is 4.98 Å². The van der Waals surface area contributed by atoms with E-state index in [1.165, 1.54) is 0 Å². The van der Waals surface area contributed by atoms with Crippen molar-refractivity contribution >= 4 is 22.4 Å². The van der Waals surface area contributed by atoms with Crippen LogP contribution in [-0.4, -0.2) is 9.19 Å². The van der Waals surface area contributed by atoms with E-state index in [9.17, 15) is 9.47 Å². The van der Waals surface area contributed by atoms with Crippen LogP contribution in [0.4, 0.5) is 0 Å². The van der Waals surface area contributed by atoms with E-state index >= 15 is 0 Å². The third kappa shape index (κ3) is 3.24. The van der Waals surface area contributed by atoms with Crippen molar-refractivity contribution in [1.29, 1.82) is 5.26 Å². The zero-order valence-corrected chi connectivity index (χ0v) is 12.8. The Morgan fingerprint density at radius 1 is 1.30 bits per heavy atom. The number of aryl methyl sites for hydroxylation is 2. The lowest BCUT2D eigenvalue weighted by atomic mass is 10.1. The lowest BCUT2D eigenvalue weighted by Gasteiger charge is -2.07. The van der Waals surface area contributed by atoms with Gasteiger partial charge in [-0.05, 0) is 43.2 Å². The number of hydrogen-bond donors (Lipinski definition) is 0. The smallest absolute Gasteiger partial charge is 0.145 e. The molecule has 0 amide bonds. The molecule has 102 valence electrons. The predicted molar refractivity (Wildman–Crippen MR) is 80.0 cm³/mol. The van der Waals surface area contributed by atoms with Crippen molar-refractivity contribution in [2.24, 2.45) is 0 Å².